The van der Waals surface area contributed by atoms with Crippen LogP contribution < -0.4 is 24.8 Å². The Morgan fingerprint density at radius 3 is 0.875 bits per heavy atom. The smallest absolute Gasteiger partial charge is 1.00 e. The molecule has 0 aliphatic rings. The van der Waals surface area contributed by atoms with E-state index in [-0.39, 0.29) is 57.5 Å². The summed E-state index contributed by atoms with van der Waals surface area (Å²) in [4.78, 5) is 0. The summed E-state index contributed by atoms with van der Waals surface area (Å²) in [5.74, 6) is 0. The molecular weight excluding hydrogens is 291 g/mol. The van der Waals surface area contributed by atoms with Crippen molar-refractivity contribution < 1.29 is 46.5 Å². The van der Waals surface area contributed by atoms with Gasteiger partial charge in [-0.15, -0.1) is 0 Å². The molecule has 2 aromatic rings. The molecule has 0 bridgehead atoms. The van der Waals surface area contributed by atoms with Crippen LogP contribution in [0.2, 0.25) is 0 Å². The van der Waals surface area contributed by atoms with E-state index in [1.54, 1.807) is 0 Å². The third-order valence-corrected chi connectivity index (χ3v) is 1.66. The van der Waals surface area contributed by atoms with Crippen LogP contribution in [0.5, 0.6) is 0 Å². The second-order valence-electron chi connectivity index (χ2n) is 2.92. The van der Waals surface area contributed by atoms with Crippen molar-refractivity contribution in [3.63, 3.8) is 0 Å². The number of aryl methyl sites for hydroxylation is 2. The minimum atomic E-state index is 0. The van der Waals surface area contributed by atoms with E-state index < -0.39 is 0 Å². The van der Waals surface area contributed by atoms with Crippen LogP contribution >= 0.6 is 0 Å². The summed E-state index contributed by atoms with van der Waals surface area (Å²) in [7, 11) is 0. The van der Waals surface area contributed by atoms with E-state index in [4.69, 9.17) is 0 Å². The fourth-order valence-corrected chi connectivity index (χ4v) is 0.940. The molecule has 0 atom stereocenters. The monoisotopic (exact) mass is 307 g/mol. The van der Waals surface area contributed by atoms with Crippen molar-refractivity contribution in [2.75, 3.05) is 0 Å². The zero-order chi connectivity index (χ0) is 8.81. The maximum atomic E-state index is 2.08. The van der Waals surface area contributed by atoms with Gasteiger partial charge in [0.15, 0.2) is 0 Å². The van der Waals surface area contributed by atoms with Gasteiger partial charge >= 0.3 is 21.7 Å². The predicted molar refractivity (Wildman–Crippen MR) is 63.5 cm³/mol. The van der Waals surface area contributed by atoms with Crippen molar-refractivity contribution in [2.45, 2.75) is 13.8 Å². The first kappa shape index (κ1) is 25.2. The molecule has 0 heterocycles. The third kappa shape index (κ3) is 12.3. The Hall–Kier alpha value is 0.211. The van der Waals surface area contributed by atoms with Crippen molar-refractivity contribution in [1.29, 1.82) is 0 Å². The van der Waals surface area contributed by atoms with Crippen LogP contribution in [0.3, 0.4) is 0 Å². The average molecular weight is 308 g/mol. The van der Waals surface area contributed by atoms with E-state index in [0.717, 1.165) is 0 Å². The summed E-state index contributed by atoms with van der Waals surface area (Å²) >= 11 is 0. The molecule has 2 aromatic carbocycles. The van der Waals surface area contributed by atoms with Crippen molar-refractivity contribution in [3.05, 3.63) is 59.7 Å². The molecule has 2 rings (SSSR count). The quantitative estimate of drug-likeness (QED) is 0.347. The summed E-state index contributed by atoms with van der Waals surface area (Å²) in [5.41, 5.74) is 2.69. The van der Waals surface area contributed by atoms with Gasteiger partial charge in [-0.3, -0.25) is 0 Å². The Kier molecular flexibility index (Phi) is 23.9. The van der Waals surface area contributed by atoms with Gasteiger partial charge < -0.3 is 24.8 Å². The van der Waals surface area contributed by atoms with Crippen LogP contribution in [0.15, 0.2) is 48.5 Å². The maximum absolute atomic E-state index is 2.08. The molecule has 0 spiro atoms. The van der Waals surface area contributed by atoms with Crippen LogP contribution in [-0.2, 0) is 21.7 Å². The van der Waals surface area contributed by atoms with Crippen molar-refractivity contribution in [1.82, 2.24) is 0 Å². The van der Waals surface area contributed by atoms with Crippen LogP contribution in [0.1, 0.15) is 11.1 Å². The molecule has 0 aliphatic heterocycles. The van der Waals surface area contributed by atoms with Gasteiger partial charge in [0, 0.05) is 0 Å². The van der Waals surface area contributed by atoms with Crippen LogP contribution in [0.4, 0.5) is 0 Å². The Morgan fingerprint density at radius 1 is 0.625 bits per heavy atom. The fourth-order valence-electron chi connectivity index (χ4n) is 0.940. The molecule has 0 aliphatic carbocycles. The summed E-state index contributed by atoms with van der Waals surface area (Å²) in [6.45, 7) is 4.17. The Balaban J connectivity index is -0.0000000720. The number of hydrogen-bond acceptors (Lipinski definition) is 0. The third-order valence-electron chi connectivity index (χ3n) is 1.66. The fraction of sp³-hybridized carbons (Fsp3) is 0.167. The zero-order valence-electron chi connectivity index (χ0n) is 9.87. The van der Waals surface area contributed by atoms with Gasteiger partial charge in [0.05, 0.1) is 0 Å². The molecule has 4 heteroatoms. The summed E-state index contributed by atoms with van der Waals surface area (Å²) in [6.07, 6.45) is 0. The molecule has 1 radical (unpaired) electrons. The zero-order valence-corrected chi connectivity index (χ0v) is 14.9. The molecule has 0 amide bonds. The first-order chi connectivity index (χ1) is 5.79. The van der Waals surface area contributed by atoms with Crippen molar-refractivity contribution in [2.24, 2.45) is 0 Å². The largest absolute Gasteiger partial charge is 4.00 e. The first-order valence-corrected chi connectivity index (χ1v) is 4.15. The molecule has 16 heavy (non-hydrogen) atoms. The van der Waals surface area contributed by atoms with Gasteiger partial charge in [-0.05, 0) is 11.0 Å². The normalized spacial score (nSPS) is 6.62. The SMILES string of the molecule is C[c-]1cccc1.C[c-]1cccc1.[Cl-].[Cl-].[SiH3].[Ti+4]. The summed E-state index contributed by atoms with van der Waals surface area (Å²) in [6, 6.07) is 16.5. The Labute approximate surface area is 130 Å². The first-order valence-electron chi connectivity index (χ1n) is 4.15. The van der Waals surface area contributed by atoms with Gasteiger partial charge in [-0.2, -0.15) is 35.4 Å². The van der Waals surface area contributed by atoms with Gasteiger partial charge in [0.25, 0.3) is 0 Å². The second kappa shape index (κ2) is 15.2. The Bertz CT molecular complexity index is 258. The van der Waals surface area contributed by atoms with E-state index in [0.29, 0.717) is 0 Å². The molecule has 0 saturated heterocycles. The minimum absolute atomic E-state index is 0. The van der Waals surface area contributed by atoms with Gasteiger partial charge in [0.2, 0.25) is 0 Å². The van der Waals surface area contributed by atoms with E-state index >= 15 is 0 Å². The molecular formula is C12H17Cl2SiTi. The van der Waals surface area contributed by atoms with Crippen LogP contribution in [0.25, 0.3) is 0 Å². The van der Waals surface area contributed by atoms with Gasteiger partial charge in [-0.1, -0.05) is 13.8 Å². The molecule has 0 fully saturated rings. The molecule has 0 N–H and O–H groups in total. The molecule has 0 saturated carbocycles. The average Bonchev–Trinajstić information content (AvgIpc) is 2.63. The van der Waals surface area contributed by atoms with E-state index in [2.05, 4.69) is 38.1 Å². The molecule has 0 aromatic heterocycles. The Morgan fingerprint density at radius 2 is 0.812 bits per heavy atom. The number of halogens is 2. The van der Waals surface area contributed by atoms with Crippen molar-refractivity contribution >= 4 is 11.0 Å². The van der Waals surface area contributed by atoms with E-state index in [1.807, 2.05) is 24.3 Å². The van der Waals surface area contributed by atoms with Crippen LogP contribution in [-0.4, -0.2) is 11.0 Å². The summed E-state index contributed by atoms with van der Waals surface area (Å²) < 4.78 is 0. The summed E-state index contributed by atoms with van der Waals surface area (Å²) in [5, 5.41) is 0. The van der Waals surface area contributed by atoms with Crippen LogP contribution in [0, 0.1) is 13.8 Å². The number of rotatable bonds is 0. The number of hydrogen-bond donors (Lipinski definition) is 0. The topological polar surface area (TPSA) is 0 Å². The standard InChI is InChI=1S/2C6H7.2ClH.H3Si.Ti/c2*1-6-4-2-3-5-6;;;;/h2*2-5H,1H3;2*1H;1H3;/q2*-1;;;;+4/p-2. The van der Waals surface area contributed by atoms with Gasteiger partial charge in [0.1, 0.15) is 0 Å². The molecule has 87 valence electrons. The van der Waals surface area contributed by atoms with E-state index in [1.165, 1.54) is 11.1 Å². The minimum Gasteiger partial charge on any atom is -1.00 e. The molecule has 0 nitrogen and oxygen atoms in total. The molecule has 0 unspecified atom stereocenters. The van der Waals surface area contributed by atoms with Gasteiger partial charge in [-0.25, -0.2) is 24.3 Å². The maximum Gasteiger partial charge on any atom is 4.00 e. The van der Waals surface area contributed by atoms with E-state index in [9.17, 15) is 0 Å². The predicted octanol–water partition coefficient (Wildman–Crippen LogP) is -3.75. The second-order valence-corrected chi connectivity index (χ2v) is 2.92. The van der Waals surface area contributed by atoms with Crippen molar-refractivity contribution in [3.8, 4) is 0 Å².